The largest absolute Gasteiger partial charge is 0.481 e. The van der Waals surface area contributed by atoms with E-state index in [0.717, 1.165) is 32.1 Å². The van der Waals surface area contributed by atoms with Crippen molar-refractivity contribution in [3.8, 4) is 0 Å². The van der Waals surface area contributed by atoms with Crippen molar-refractivity contribution < 1.29 is 14.7 Å². The summed E-state index contributed by atoms with van der Waals surface area (Å²) in [7, 11) is 0. The topological polar surface area (TPSA) is 92.4 Å². The molecule has 0 aromatic heterocycles. The molecule has 3 unspecified atom stereocenters. The van der Waals surface area contributed by atoms with E-state index < -0.39 is 5.97 Å². The van der Waals surface area contributed by atoms with Gasteiger partial charge in [0.25, 0.3) is 0 Å². The zero-order valence-corrected chi connectivity index (χ0v) is 11.7. The molecule has 1 fully saturated rings. The second kappa shape index (κ2) is 8.15. The summed E-state index contributed by atoms with van der Waals surface area (Å²) in [6, 6.07) is 0. The van der Waals surface area contributed by atoms with Gasteiger partial charge < -0.3 is 16.2 Å². The highest BCUT2D eigenvalue weighted by atomic mass is 16.4. The Morgan fingerprint density at radius 2 is 2.05 bits per heavy atom. The number of nitrogens with one attached hydrogen (secondary N) is 1. The zero-order valence-electron chi connectivity index (χ0n) is 11.7. The van der Waals surface area contributed by atoms with E-state index in [1.54, 1.807) is 0 Å². The molecule has 4 N–H and O–H groups in total. The van der Waals surface area contributed by atoms with Crippen LogP contribution < -0.4 is 11.1 Å². The Hall–Kier alpha value is -1.10. The van der Waals surface area contributed by atoms with Gasteiger partial charge in [-0.15, -0.1) is 0 Å². The molecule has 3 atom stereocenters. The standard InChI is InChI=1S/C14H26N2O3/c1-2-10(8-15)7-13(17)16-9-11-5-3-4-6-12(11)14(18)19/h10-12H,2-9,15H2,1H3,(H,16,17)(H,18,19). The van der Waals surface area contributed by atoms with E-state index in [-0.39, 0.29) is 23.7 Å². The molecule has 0 saturated heterocycles. The quantitative estimate of drug-likeness (QED) is 0.651. The Labute approximate surface area is 114 Å². The van der Waals surface area contributed by atoms with Crippen molar-refractivity contribution in [1.82, 2.24) is 5.32 Å². The van der Waals surface area contributed by atoms with Gasteiger partial charge >= 0.3 is 5.97 Å². The monoisotopic (exact) mass is 270 g/mol. The molecule has 0 radical (unpaired) electrons. The fraction of sp³-hybridized carbons (Fsp3) is 0.857. The van der Waals surface area contributed by atoms with Crippen LogP contribution in [0.1, 0.15) is 45.4 Å². The third-order valence-corrected chi connectivity index (χ3v) is 4.17. The predicted molar refractivity (Wildman–Crippen MR) is 73.5 cm³/mol. The number of hydrogen-bond acceptors (Lipinski definition) is 3. The van der Waals surface area contributed by atoms with Crippen molar-refractivity contribution >= 4 is 11.9 Å². The van der Waals surface area contributed by atoms with Crippen LogP contribution in [0.4, 0.5) is 0 Å². The Bertz CT molecular complexity index is 303. The van der Waals surface area contributed by atoms with Crippen molar-refractivity contribution in [1.29, 1.82) is 0 Å². The van der Waals surface area contributed by atoms with Crippen LogP contribution >= 0.6 is 0 Å². The third kappa shape index (κ3) is 5.19. The molecule has 1 saturated carbocycles. The van der Waals surface area contributed by atoms with Crippen LogP contribution in [0.2, 0.25) is 0 Å². The molecule has 5 heteroatoms. The van der Waals surface area contributed by atoms with Crippen molar-refractivity contribution in [3.05, 3.63) is 0 Å². The summed E-state index contributed by atoms with van der Waals surface area (Å²) in [6.45, 7) is 3.02. The smallest absolute Gasteiger partial charge is 0.306 e. The van der Waals surface area contributed by atoms with E-state index in [0.29, 0.717) is 19.5 Å². The first-order valence-corrected chi connectivity index (χ1v) is 7.28. The first-order chi connectivity index (χ1) is 9.08. The Morgan fingerprint density at radius 3 is 2.63 bits per heavy atom. The van der Waals surface area contributed by atoms with E-state index in [1.807, 2.05) is 6.92 Å². The van der Waals surface area contributed by atoms with Crippen LogP contribution in [-0.2, 0) is 9.59 Å². The average Bonchev–Trinajstić information content (AvgIpc) is 2.42. The normalized spacial score (nSPS) is 24.7. The number of nitrogens with two attached hydrogens (primary N) is 1. The van der Waals surface area contributed by atoms with Crippen LogP contribution in [0.5, 0.6) is 0 Å². The molecule has 0 aromatic carbocycles. The predicted octanol–water partition coefficient (Wildman–Crippen LogP) is 1.37. The van der Waals surface area contributed by atoms with E-state index in [2.05, 4.69) is 5.32 Å². The van der Waals surface area contributed by atoms with Gasteiger partial charge in [0.2, 0.25) is 5.91 Å². The molecule has 19 heavy (non-hydrogen) atoms. The molecule has 0 aromatic rings. The van der Waals surface area contributed by atoms with E-state index in [1.165, 1.54) is 0 Å². The number of carbonyl (C=O) groups is 2. The molecular formula is C14H26N2O3. The number of carboxylic acids is 1. The Balaban J connectivity index is 2.37. The Kier molecular flexibility index (Phi) is 6.84. The molecular weight excluding hydrogens is 244 g/mol. The second-order valence-corrected chi connectivity index (χ2v) is 5.51. The minimum absolute atomic E-state index is 0.00740. The maximum Gasteiger partial charge on any atom is 0.306 e. The van der Waals surface area contributed by atoms with Crippen molar-refractivity contribution in [2.45, 2.75) is 45.4 Å². The minimum atomic E-state index is -0.729. The summed E-state index contributed by atoms with van der Waals surface area (Å²) in [5.41, 5.74) is 5.57. The van der Waals surface area contributed by atoms with Crippen LogP contribution in [0.3, 0.4) is 0 Å². The summed E-state index contributed by atoms with van der Waals surface area (Å²) < 4.78 is 0. The summed E-state index contributed by atoms with van der Waals surface area (Å²) in [4.78, 5) is 22.9. The lowest BCUT2D eigenvalue weighted by Crippen LogP contribution is -2.38. The van der Waals surface area contributed by atoms with Crippen molar-refractivity contribution in [2.24, 2.45) is 23.5 Å². The van der Waals surface area contributed by atoms with Crippen LogP contribution in [-0.4, -0.2) is 30.1 Å². The number of amides is 1. The van der Waals surface area contributed by atoms with Crippen LogP contribution in [0.15, 0.2) is 0 Å². The maximum atomic E-state index is 11.8. The number of carboxylic acid groups (broad SMARTS) is 1. The van der Waals surface area contributed by atoms with Gasteiger partial charge in [-0.05, 0) is 31.2 Å². The highest BCUT2D eigenvalue weighted by Gasteiger charge is 2.30. The summed E-state index contributed by atoms with van der Waals surface area (Å²) in [5, 5.41) is 12.0. The molecule has 0 aliphatic heterocycles. The third-order valence-electron chi connectivity index (χ3n) is 4.17. The van der Waals surface area contributed by atoms with Gasteiger partial charge in [0, 0.05) is 13.0 Å². The van der Waals surface area contributed by atoms with Gasteiger partial charge in [0.05, 0.1) is 5.92 Å². The lowest BCUT2D eigenvalue weighted by atomic mass is 9.79. The first kappa shape index (κ1) is 16.0. The van der Waals surface area contributed by atoms with Crippen LogP contribution in [0.25, 0.3) is 0 Å². The van der Waals surface area contributed by atoms with Gasteiger partial charge in [0.1, 0.15) is 0 Å². The summed E-state index contributed by atoms with van der Waals surface area (Å²) >= 11 is 0. The first-order valence-electron chi connectivity index (χ1n) is 7.28. The molecule has 1 aliphatic carbocycles. The number of rotatable bonds is 7. The van der Waals surface area contributed by atoms with E-state index in [9.17, 15) is 9.59 Å². The maximum absolute atomic E-state index is 11.8. The second-order valence-electron chi connectivity index (χ2n) is 5.51. The van der Waals surface area contributed by atoms with Gasteiger partial charge in [0.15, 0.2) is 0 Å². The highest BCUT2D eigenvalue weighted by Crippen LogP contribution is 2.29. The van der Waals surface area contributed by atoms with Gasteiger partial charge in [-0.1, -0.05) is 26.2 Å². The van der Waals surface area contributed by atoms with Gasteiger partial charge in [-0.3, -0.25) is 9.59 Å². The van der Waals surface area contributed by atoms with E-state index >= 15 is 0 Å². The molecule has 1 aliphatic rings. The molecule has 1 amide bonds. The highest BCUT2D eigenvalue weighted by molar-refractivity contribution is 5.76. The summed E-state index contributed by atoms with van der Waals surface area (Å²) in [6.07, 6.45) is 5.00. The molecule has 0 bridgehead atoms. The Morgan fingerprint density at radius 1 is 1.37 bits per heavy atom. The SMILES string of the molecule is CCC(CN)CC(=O)NCC1CCCCC1C(=O)O. The van der Waals surface area contributed by atoms with Crippen molar-refractivity contribution in [3.63, 3.8) is 0 Å². The average molecular weight is 270 g/mol. The lowest BCUT2D eigenvalue weighted by molar-refractivity contribution is -0.145. The van der Waals surface area contributed by atoms with Gasteiger partial charge in [-0.2, -0.15) is 0 Å². The summed E-state index contributed by atoms with van der Waals surface area (Å²) in [5.74, 6) is -0.736. The molecule has 1 rings (SSSR count). The number of aliphatic carboxylic acids is 1. The molecule has 0 spiro atoms. The fourth-order valence-corrected chi connectivity index (χ4v) is 2.75. The lowest BCUT2D eigenvalue weighted by Gasteiger charge is -2.28. The molecule has 110 valence electrons. The zero-order chi connectivity index (χ0) is 14.3. The van der Waals surface area contributed by atoms with E-state index in [4.69, 9.17) is 10.8 Å². The number of carbonyl (C=O) groups excluding carboxylic acids is 1. The fourth-order valence-electron chi connectivity index (χ4n) is 2.75. The van der Waals surface area contributed by atoms with Crippen LogP contribution in [0, 0.1) is 17.8 Å². The van der Waals surface area contributed by atoms with Crippen molar-refractivity contribution in [2.75, 3.05) is 13.1 Å². The van der Waals surface area contributed by atoms with Gasteiger partial charge in [-0.25, -0.2) is 0 Å². The number of hydrogen-bond donors (Lipinski definition) is 3. The molecule has 5 nitrogen and oxygen atoms in total. The minimum Gasteiger partial charge on any atom is -0.481 e. The molecule has 0 heterocycles.